The van der Waals surface area contributed by atoms with Gasteiger partial charge in [-0.05, 0) is 30.2 Å². The molecule has 0 aromatic heterocycles. The van der Waals surface area contributed by atoms with Crippen LogP contribution in [0.25, 0.3) is 0 Å². The van der Waals surface area contributed by atoms with Crippen LogP contribution in [0.15, 0.2) is 30.3 Å². The van der Waals surface area contributed by atoms with Gasteiger partial charge in [0.1, 0.15) is 29.7 Å². The molecule has 0 atom stereocenters. The highest BCUT2D eigenvalue weighted by Gasteiger charge is 2.35. The number of esters is 1. The van der Waals surface area contributed by atoms with Crippen molar-refractivity contribution < 1.29 is 36.2 Å². The van der Waals surface area contributed by atoms with E-state index in [0.29, 0.717) is 12.1 Å². The highest BCUT2D eigenvalue weighted by molar-refractivity contribution is 5.72. The van der Waals surface area contributed by atoms with Crippen LogP contribution in [-0.2, 0) is 24.0 Å². The predicted molar refractivity (Wildman–Crippen MR) is 87.4 cm³/mol. The molecule has 0 aliphatic heterocycles. The zero-order chi connectivity index (χ0) is 20.2. The number of hydrogen-bond donors (Lipinski definition) is 0. The molecule has 146 valence electrons. The first-order chi connectivity index (χ1) is 12.7. The van der Waals surface area contributed by atoms with Crippen molar-refractivity contribution in [1.82, 2.24) is 0 Å². The summed E-state index contributed by atoms with van der Waals surface area (Å²) in [6.07, 6.45) is -4.68. The number of carbonyl (C=O) groups is 1. The minimum absolute atomic E-state index is 0.0265. The van der Waals surface area contributed by atoms with Crippen LogP contribution in [0.2, 0.25) is 0 Å². The van der Waals surface area contributed by atoms with Gasteiger partial charge in [-0.3, -0.25) is 4.79 Å². The summed E-state index contributed by atoms with van der Waals surface area (Å²) in [7, 11) is 0. The summed E-state index contributed by atoms with van der Waals surface area (Å²) in [5.41, 5.74) is -1.52. The van der Waals surface area contributed by atoms with Gasteiger partial charge in [-0.25, -0.2) is 8.78 Å². The van der Waals surface area contributed by atoms with Gasteiger partial charge in [-0.15, -0.1) is 0 Å². The molecule has 0 aliphatic rings. The number of hydrogen-bond acceptors (Lipinski definition) is 3. The third kappa shape index (κ3) is 4.96. The summed E-state index contributed by atoms with van der Waals surface area (Å²) in [4.78, 5) is 11.4. The molecule has 0 N–H and O–H groups in total. The Bertz CT molecular complexity index is 831. The topological polar surface area (TPSA) is 35.5 Å². The van der Waals surface area contributed by atoms with Gasteiger partial charge in [0.2, 0.25) is 0 Å². The normalized spacial score (nSPS) is 11.4. The summed E-state index contributed by atoms with van der Waals surface area (Å²) < 4.78 is 77.8. The van der Waals surface area contributed by atoms with E-state index >= 15 is 0 Å². The monoisotopic (exact) mass is 388 g/mol. The van der Waals surface area contributed by atoms with Gasteiger partial charge >= 0.3 is 12.1 Å². The van der Waals surface area contributed by atoms with Crippen molar-refractivity contribution in [2.24, 2.45) is 0 Å². The third-order valence-electron chi connectivity index (χ3n) is 3.80. The molecule has 0 amide bonds. The van der Waals surface area contributed by atoms with Gasteiger partial charge in [0, 0.05) is 12.5 Å². The number of carbonyl (C=O) groups excluding carboxylic acids is 1. The Balaban J connectivity index is 2.37. The minimum atomic E-state index is -4.78. The molecular formula is C19H17F5O3. The average molecular weight is 388 g/mol. The van der Waals surface area contributed by atoms with Gasteiger partial charge < -0.3 is 9.47 Å². The molecular weight excluding hydrogens is 371 g/mol. The van der Waals surface area contributed by atoms with Crippen molar-refractivity contribution in [3.63, 3.8) is 0 Å². The minimum Gasteiger partial charge on any atom is -0.488 e. The van der Waals surface area contributed by atoms with Crippen LogP contribution in [0.3, 0.4) is 0 Å². The third-order valence-corrected chi connectivity index (χ3v) is 3.80. The van der Waals surface area contributed by atoms with E-state index < -0.39 is 41.7 Å². The van der Waals surface area contributed by atoms with Crippen molar-refractivity contribution in [2.75, 3.05) is 0 Å². The van der Waals surface area contributed by atoms with Gasteiger partial charge in [0.15, 0.2) is 0 Å². The maximum absolute atomic E-state index is 14.1. The molecule has 0 aliphatic carbocycles. The zero-order valence-corrected chi connectivity index (χ0v) is 14.6. The van der Waals surface area contributed by atoms with E-state index in [-0.39, 0.29) is 29.7 Å². The van der Waals surface area contributed by atoms with Crippen LogP contribution in [0.5, 0.6) is 11.5 Å². The molecule has 2 aromatic rings. The fourth-order valence-electron chi connectivity index (χ4n) is 2.33. The number of rotatable bonds is 6. The Kier molecular flexibility index (Phi) is 6.41. The summed E-state index contributed by atoms with van der Waals surface area (Å²) in [5, 5.41) is 0. The zero-order valence-electron chi connectivity index (χ0n) is 14.6. The lowest BCUT2D eigenvalue weighted by molar-refractivity contribution is -0.139. The van der Waals surface area contributed by atoms with Gasteiger partial charge in [-0.1, -0.05) is 19.9 Å². The van der Waals surface area contributed by atoms with Crippen LogP contribution in [0.1, 0.15) is 37.0 Å². The lowest BCUT2D eigenvalue weighted by Crippen LogP contribution is -2.12. The molecule has 2 aromatic carbocycles. The Labute approximate surface area is 152 Å². The summed E-state index contributed by atoms with van der Waals surface area (Å²) in [6.45, 7) is 2.38. The second-order valence-corrected chi connectivity index (χ2v) is 5.62. The predicted octanol–water partition coefficient (Wildman–Crippen LogP) is 5.44. The molecule has 0 saturated carbocycles. The Hall–Kier alpha value is -2.64. The van der Waals surface area contributed by atoms with E-state index in [4.69, 9.17) is 9.47 Å². The number of benzene rings is 2. The first-order valence-electron chi connectivity index (χ1n) is 8.17. The number of aryl methyl sites for hydroxylation is 1. The van der Waals surface area contributed by atoms with Crippen LogP contribution < -0.4 is 9.47 Å². The second kappa shape index (κ2) is 8.37. The van der Waals surface area contributed by atoms with Crippen molar-refractivity contribution in [3.8, 4) is 11.5 Å². The van der Waals surface area contributed by atoms with E-state index in [1.165, 1.54) is 26.0 Å². The smallest absolute Gasteiger partial charge is 0.419 e. The SMILES string of the molecule is CCC(=O)Oc1cccc(F)c1COc1cc(F)c(CC)cc1C(F)(F)F. The maximum atomic E-state index is 14.1. The maximum Gasteiger partial charge on any atom is 0.419 e. The molecule has 0 saturated heterocycles. The quantitative estimate of drug-likeness (QED) is 0.376. The van der Waals surface area contributed by atoms with Crippen LogP contribution in [0, 0.1) is 11.6 Å². The Morgan fingerprint density at radius 3 is 2.33 bits per heavy atom. The first kappa shape index (κ1) is 20.7. The average Bonchev–Trinajstić information content (AvgIpc) is 2.60. The highest BCUT2D eigenvalue weighted by Crippen LogP contribution is 2.38. The van der Waals surface area contributed by atoms with Gasteiger partial charge in [0.25, 0.3) is 0 Å². The molecule has 3 nitrogen and oxygen atoms in total. The molecule has 27 heavy (non-hydrogen) atoms. The molecule has 0 heterocycles. The van der Waals surface area contributed by atoms with E-state index in [9.17, 15) is 26.7 Å². The summed E-state index contributed by atoms with van der Waals surface area (Å²) >= 11 is 0. The van der Waals surface area contributed by atoms with Crippen LogP contribution in [-0.4, -0.2) is 5.97 Å². The number of ether oxygens (including phenoxy) is 2. The van der Waals surface area contributed by atoms with Crippen LogP contribution in [0.4, 0.5) is 22.0 Å². The van der Waals surface area contributed by atoms with E-state index in [0.717, 1.165) is 6.07 Å². The first-order valence-corrected chi connectivity index (χ1v) is 8.17. The lowest BCUT2D eigenvalue weighted by Gasteiger charge is -2.17. The molecule has 0 unspecified atom stereocenters. The Morgan fingerprint density at radius 1 is 1.04 bits per heavy atom. The van der Waals surface area contributed by atoms with E-state index in [2.05, 4.69) is 0 Å². The molecule has 8 heteroatoms. The highest BCUT2D eigenvalue weighted by atomic mass is 19.4. The van der Waals surface area contributed by atoms with Crippen LogP contribution >= 0.6 is 0 Å². The largest absolute Gasteiger partial charge is 0.488 e. The molecule has 0 spiro atoms. The van der Waals surface area contributed by atoms with Crippen molar-refractivity contribution >= 4 is 5.97 Å². The lowest BCUT2D eigenvalue weighted by atomic mass is 10.1. The second-order valence-electron chi connectivity index (χ2n) is 5.62. The summed E-state index contributed by atoms with van der Waals surface area (Å²) in [6, 6.07) is 4.92. The van der Waals surface area contributed by atoms with Crippen molar-refractivity contribution in [2.45, 2.75) is 39.5 Å². The molecule has 0 bridgehead atoms. The summed E-state index contributed by atoms with van der Waals surface area (Å²) in [5.74, 6) is -3.26. The van der Waals surface area contributed by atoms with E-state index in [1.54, 1.807) is 0 Å². The van der Waals surface area contributed by atoms with Gasteiger partial charge in [0.05, 0.1) is 11.1 Å². The fourth-order valence-corrected chi connectivity index (χ4v) is 2.33. The van der Waals surface area contributed by atoms with Crippen molar-refractivity contribution in [3.05, 3.63) is 58.7 Å². The number of halogens is 5. The van der Waals surface area contributed by atoms with Gasteiger partial charge in [-0.2, -0.15) is 13.2 Å². The Morgan fingerprint density at radius 2 is 1.74 bits per heavy atom. The molecule has 0 fully saturated rings. The van der Waals surface area contributed by atoms with Crippen molar-refractivity contribution in [1.29, 1.82) is 0 Å². The standard InChI is InChI=1S/C19H17F5O3/c1-3-11-8-13(19(22,23)24)17(9-15(11)21)26-10-12-14(20)6-5-7-16(12)27-18(25)4-2/h5-9H,3-4,10H2,1-2H3. The fraction of sp³-hybridized carbons (Fsp3) is 0.316. The van der Waals surface area contributed by atoms with E-state index in [1.807, 2.05) is 0 Å². The molecule has 0 radical (unpaired) electrons. The molecule has 2 rings (SSSR count). The number of alkyl halides is 3.